The van der Waals surface area contributed by atoms with Crippen LogP contribution in [0.2, 0.25) is 15.1 Å². The normalized spacial score (nSPS) is 14.9. The molecule has 0 aliphatic carbocycles. The van der Waals surface area contributed by atoms with Gasteiger partial charge in [0.05, 0.1) is 6.54 Å². The van der Waals surface area contributed by atoms with E-state index in [1.807, 2.05) is 0 Å². The van der Waals surface area contributed by atoms with Gasteiger partial charge in [-0.3, -0.25) is 0 Å². The van der Waals surface area contributed by atoms with E-state index in [4.69, 9.17) is 34.8 Å². The van der Waals surface area contributed by atoms with Gasteiger partial charge in [-0.1, -0.05) is 53.0 Å². The predicted molar refractivity (Wildman–Crippen MR) is 96.8 cm³/mol. The molecule has 130 valence electrons. The van der Waals surface area contributed by atoms with Crippen LogP contribution in [0.15, 0.2) is 55.1 Å². The number of hydrogen-bond acceptors (Lipinski definition) is 4. The molecule has 5 nitrogen and oxygen atoms in total. The van der Waals surface area contributed by atoms with Gasteiger partial charge in [-0.25, -0.2) is 9.67 Å². The highest BCUT2D eigenvalue weighted by molar-refractivity contribution is 6.35. The summed E-state index contributed by atoms with van der Waals surface area (Å²) in [5, 5.41) is 27.6. The fourth-order valence-electron chi connectivity index (χ4n) is 2.64. The Morgan fingerprint density at radius 2 is 1.72 bits per heavy atom. The van der Waals surface area contributed by atoms with Crippen LogP contribution in [0, 0.1) is 0 Å². The molecular formula is C17H14Cl3N3O2. The van der Waals surface area contributed by atoms with Crippen LogP contribution in [0.4, 0.5) is 0 Å². The highest BCUT2D eigenvalue weighted by atomic mass is 35.5. The quantitative estimate of drug-likeness (QED) is 0.684. The number of aliphatic hydroxyl groups excluding tert-OH is 1. The maximum atomic E-state index is 11.4. The summed E-state index contributed by atoms with van der Waals surface area (Å²) in [6.07, 6.45) is 1.51. The fourth-order valence-corrected chi connectivity index (χ4v) is 3.34. The van der Waals surface area contributed by atoms with E-state index in [-0.39, 0.29) is 11.6 Å². The third-order valence-electron chi connectivity index (χ3n) is 3.91. The summed E-state index contributed by atoms with van der Waals surface area (Å²) < 4.78 is 1.42. The molecule has 0 aliphatic rings. The van der Waals surface area contributed by atoms with Gasteiger partial charge in [0.25, 0.3) is 0 Å². The number of aromatic nitrogens is 3. The Kier molecular flexibility index (Phi) is 5.32. The molecule has 2 aromatic carbocycles. The van der Waals surface area contributed by atoms with E-state index in [0.717, 1.165) is 0 Å². The molecule has 0 spiro atoms. The van der Waals surface area contributed by atoms with Crippen molar-refractivity contribution in [3.63, 3.8) is 0 Å². The molecule has 2 atom stereocenters. The van der Waals surface area contributed by atoms with Gasteiger partial charge in [-0.2, -0.15) is 5.10 Å². The zero-order chi connectivity index (χ0) is 18.0. The van der Waals surface area contributed by atoms with Crippen molar-refractivity contribution in [1.82, 2.24) is 14.8 Å². The fraction of sp³-hybridized carbons (Fsp3) is 0.176. The molecule has 25 heavy (non-hydrogen) atoms. The van der Waals surface area contributed by atoms with Gasteiger partial charge in [0.1, 0.15) is 24.4 Å². The summed E-state index contributed by atoms with van der Waals surface area (Å²) in [5.41, 5.74) is -0.946. The number of rotatable bonds is 5. The van der Waals surface area contributed by atoms with Gasteiger partial charge in [-0.05, 0) is 29.8 Å². The second kappa shape index (κ2) is 7.32. The number of hydrogen-bond donors (Lipinski definition) is 2. The van der Waals surface area contributed by atoms with Crippen molar-refractivity contribution >= 4 is 34.8 Å². The Hall–Kier alpha value is -1.63. The van der Waals surface area contributed by atoms with E-state index in [1.165, 1.54) is 23.4 Å². The SMILES string of the molecule is O[C@@H](c1ccc(Cl)cc1)[C@](O)(Cn1cncn1)c1ccc(Cl)cc1Cl. The van der Waals surface area contributed by atoms with E-state index in [0.29, 0.717) is 21.2 Å². The maximum absolute atomic E-state index is 11.4. The molecule has 0 amide bonds. The van der Waals surface area contributed by atoms with Crippen molar-refractivity contribution in [2.45, 2.75) is 18.2 Å². The van der Waals surface area contributed by atoms with Crippen LogP contribution < -0.4 is 0 Å². The molecule has 3 rings (SSSR count). The first-order valence-corrected chi connectivity index (χ1v) is 8.47. The van der Waals surface area contributed by atoms with Crippen molar-refractivity contribution in [3.05, 3.63) is 81.3 Å². The van der Waals surface area contributed by atoms with Crippen molar-refractivity contribution in [3.8, 4) is 0 Å². The zero-order valence-electron chi connectivity index (χ0n) is 12.9. The lowest BCUT2D eigenvalue weighted by Gasteiger charge is -2.34. The van der Waals surface area contributed by atoms with Gasteiger partial charge in [0.15, 0.2) is 0 Å². The lowest BCUT2D eigenvalue weighted by molar-refractivity contribution is -0.0964. The Bertz CT molecular complexity index is 856. The highest BCUT2D eigenvalue weighted by Crippen LogP contribution is 2.40. The van der Waals surface area contributed by atoms with E-state index >= 15 is 0 Å². The van der Waals surface area contributed by atoms with Gasteiger partial charge < -0.3 is 10.2 Å². The molecule has 0 saturated heterocycles. The zero-order valence-corrected chi connectivity index (χ0v) is 15.1. The van der Waals surface area contributed by atoms with Crippen molar-refractivity contribution in [2.24, 2.45) is 0 Å². The summed E-state index contributed by atoms with van der Waals surface area (Å²) in [5.74, 6) is 0. The Labute approximate surface area is 159 Å². The Morgan fingerprint density at radius 1 is 1.04 bits per heavy atom. The molecule has 0 saturated carbocycles. The average molecular weight is 399 g/mol. The second-order valence-corrected chi connectivity index (χ2v) is 6.88. The van der Waals surface area contributed by atoms with Crippen LogP contribution in [-0.4, -0.2) is 25.0 Å². The minimum atomic E-state index is -1.76. The number of nitrogens with zero attached hydrogens (tertiary/aromatic N) is 3. The van der Waals surface area contributed by atoms with Gasteiger partial charge in [0, 0.05) is 20.6 Å². The summed E-state index contributed by atoms with van der Waals surface area (Å²) in [6, 6.07) is 11.3. The van der Waals surface area contributed by atoms with E-state index in [1.54, 1.807) is 36.4 Å². The number of benzene rings is 2. The third kappa shape index (κ3) is 3.81. The summed E-state index contributed by atoms with van der Waals surface area (Å²) >= 11 is 18.1. The molecule has 2 N–H and O–H groups in total. The molecular weight excluding hydrogens is 385 g/mol. The Balaban J connectivity index is 2.09. The number of aliphatic hydroxyl groups is 2. The minimum absolute atomic E-state index is 0.0574. The molecule has 0 radical (unpaired) electrons. The van der Waals surface area contributed by atoms with E-state index < -0.39 is 11.7 Å². The molecule has 0 aliphatic heterocycles. The molecule has 8 heteroatoms. The largest absolute Gasteiger partial charge is 0.385 e. The summed E-state index contributed by atoms with van der Waals surface area (Å²) in [4.78, 5) is 3.87. The standard InChI is InChI=1S/C17H14Cl3N3O2/c18-12-3-1-11(2-4-12)16(24)17(25,8-23-10-21-9-22-23)14-6-5-13(19)7-15(14)20/h1-7,9-10,16,24-25H,8H2/t16-,17-/m0/s1. The maximum Gasteiger partial charge on any atom is 0.140 e. The molecule has 3 aromatic rings. The molecule has 0 bridgehead atoms. The van der Waals surface area contributed by atoms with E-state index in [2.05, 4.69) is 10.1 Å². The summed E-state index contributed by atoms with van der Waals surface area (Å²) in [7, 11) is 0. The lowest BCUT2D eigenvalue weighted by atomic mass is 9.84. The van der Waals surface area contributed by atoms with Crippen LogP contribution in [0.3, 0.4) is 0 Å². The smallest absolute Gasteiger partial charge is 0.140 e. The second-order valence-electron chi connectivity index (χ2n) is 5.60. The third-order valence-corrected chi connectivity index (χ3v) is 4.71. The topological polar surface area (TPSA) is 71.2 Å². The van der Waals surface area contributed by atoms with Crippen LogP contribution in [0.1, 0.15) is 17.2 Å². The van der Waals surface area contributed by atoms with E-state index in [9.17, 15) is 10.2 Å². The highest BCUT2D eigenvalue weighted by Gasteiger charge is 2.41. The van der Waals surface area contributed by atoms with Crippen LogP contribution in [0.5, 0.6) is 0 Å². The predicted octanol–water partition coefficient (Wildman–Crippen LogP) is 3.86. The molecule has 0 fully saturated rings. The molecule has 1 aromatic heterocycles. The van der Waals surface area contributed by atoms with Crippen molar-refractivity contribution in [1.29, 1.82) is 0 Å². The minimum Gasteiger partial charge on any atom is -0.385 e. The number of halogens is 3. The molecule has 1 heterocycles. The monoisotopic (exact) mass is 397 g/mol. The van der Waals surface area contributed by atoms with Crippen molar-refractivity contribution < 1.29 is 10.2 Å². The van der Waals surface area contributed by atoms with Crippen LogP contribution in [0.25, 0.3) is 0 Å². The lowest BCUT2D eigenvalue weighted by Crippen LogP contribution is -2.38. The average Bonchev–Trinajstić information content (AvgIpc) is 3.07. The van der Waals surface area contributed by atoms with Crippen LogP contribution in [-0.2, 0) is 12.1 Å². The van der Waals surface area contributed by atoms with Gasteiger partial charge in [0.2, 0.25) is 0 Å². The van der Waals surface area contributed by atoms with Crippen LogP contribution >= 0.6 is 34.8 Å². The first kappa shape index (κ1) is 18.2. The first-order valence-electron chi connectivity index (χ1n) is 7.34. The first-order chi connectivity index (χ1) is 11.9. The molecule has 0 unspecified atom stereocenters. The summed E-state index contributed by atoms with van der Waals surface area (Å²) in [6.45, 7) is -0.0574. The van der Waals surface area contributed by atoms with Crippen molar-refractivity contribution in [2.75, 3.05) is 0 Å². The van der Waals surface area contributed by atoms with Gasteiger partial charge in [-0.15, -0.1) is 0 Å². The van der Waals surface area contributed by atoms with Gasteiger partial charge >= 0.3 is 0 Å². The Morgan fingerprint density at radius 3 is 2.32 bits per heavy atom.